The molecule has 0 radical (unpaired) electrons. The van der Waals surface area contributed by atoms with Crippen molar-refractivity contribution < 1.29 is 13.5 Å². The Morgan fingerprint density at radius 1 is 0.967 bits per heavy atom. The molecule has 4 rings (SSSR count). The zero-order chi connectivity index (χ0) is 21.1. The Bertz CT molecular complexity index is 1140. The first-order valence-corrected chi connectivity index (χ1v) is 9.07. The molecule has 8 nitrogen and oxygen atoms in total. The Morgan fingerprint density at radius 2 is 1.77 bits per heavy atom. The monoisotopic (exact) mass is 409 g/mol. The summed E-state index contributed by atoms with van der Waals surface area (Å²) in [5, 5.41) is 24.2. The van der Waals surface area contributed by atoms with Crippen molar-refractivity contribution in [3.63, 3.8) is 0 Å². The predicted molar refractivity (Wildman–Crippen MR) is 103 cm³/mol. The van der Waals surface area contributed by atoms with E-state index in [1.165, 1.54) is 12.1 Å². The lowest BCUT2D eigenvalue weighted by Gasteiger charge is -2.09. The smallest absolute Gasteiger partial charge is 0.263 e. The summed E-state index contributed by atoms with van der Waals surface area (Å²) in [5.41, 5.74) is 4.15. The summed E-state index contributed by atoms with van der Waals surface area (Å²) < 4.78 is 32.9. The number of ether oxygens (including phenoxy) is 1. The average Bonchev–Trinajstić information content (AvgIpc) is 3.13. The van der Waals surface area contributed by atoms with Crippen LogP contribution >= 0.6 is 0 Å². The fraction of sp³-hybridized carbons (Fsp3) is 0.200. The van der Waals surface area contributed by atoms with Gasteiger partial charge in [-0.2, -0.15) is 10.2 Å². The van der Waals surface area contributed by atoms with E-state index < -0.39 is 6.43 Å². The SMILES string of the molecule is Cc1cc(-c2ccc(OCc3c(C)nnn3-c3ccc(C(F)F)cc3)nn2)cnn1. The van der Waals surface area contributed by atoms with Crippen molar-refractivity contribution >= 4 is 0 Å². The van der Waals surface area contributed by atoms with Crippen LogP contribution in [0, 0.1) is 13.8 Å². The molecule has 0 N–H and O–H groups in total. The largest absolute Gasteiger partial charge is 0.470 e. The summed E-state index contributed by atoms with van der Waals surface area (Å²) >= 11 is 0. The van der Waals surface area contributed by atoms with Crippen molar-refractivity contribution in [2.45, 2.75) is 26.9 Å². The number of hydrogen-bond acceptors (Lipinski definition) is 7. The topological polar surface area (TPSA) is 91.5 Å². The lowest BCUT2D eigenvalue weighted by atomic mass is 10.2. The Kier molecular flexibility index (Phi) is 5.38. The van der Waals surface area contributed by atoms with E-state index in [1.54, 1.807) is 42.1 Å². The summed E-state index contributed by atoms with van der Waals surface area (Å²) in [6.45, 7) is 3.78. The highest BCUT2D eigenvalue weighted by molar-refractivity contribution is 5.57. The molecule has 0 saturated heterocycles. The molecular weight excluding hydrogens is 392 g/mol. The third-order valence-electron chi connectivity index (χ3n) is 4.42. The second kappa shape index (κ2) is 8.27. The maximum absolute atomic E-state index is 12.8. The van der Waals surface area contributed by atoms with Gasteiger partial charge in [0.15, 0.2) is 0 Å². The van der Waals surface area contributed by atoms with Crippen LogP contribution in [0.2, 0.25) is 0 Å². The normalized spacial score (nSPS) is 11.1. The molecular formula is C20H17F2N7O. The summed E-state index contributed by atoms with van der Waals surface area (Å²) in [6, 6.07) is 11.2. The van der Waals surface area contributed by atoms with E-state index in [4.69, 9.17) is 4.74 Å². The first kappa shape index (κ1) is 19.5. The molecule has 152 valence electrons. The number of hydrogen-bond donors (Lipinski definition) is 0. The van der Waals surface area contributed by atoms with Crippen LogP contribution in [0.15, 0.2) is 48.7 Å². The van der Waals surface area contributed by atoms with Crippen LogP contribution in [0.3, 0.4) is 0 Å². The maximum atomic E-state index is 12.8. The molecule has 0 bridgehead atoms. The quantitative estimate of drug-likeness (QED) is 0.480. The van der Waals surface area contributed by atoms with Gasteiger partial charge in [-0.25, -0.2) is 13.5 Å². The number of benzene rings is 1. The van der Waals surface area contributed by atoms with Crippen LogP contribution in [0.4, 0.5) is 8.78 Å². The second-order valence-electron chi connectivity index (χ2n) is 6.56. The molecule has 3 aromatic heterocycles. The lowest BCUT2D eigenvalue weighted by Crippen LogP contribution is -2.08. The summed E-state index contributed by atoms with van der Waals surface area (Å²) in [6.07, 6.45) is -0.905. The van der Waals surface area contributed by atoms with Gasteiger partial charge in [0.05, 0.1) is 29.0 Å². The van der Waals surface area contributed by atoms with Crippen molar-refractivity contribution in [3.05, 3.63) is 71.3 Å². The lowest BCUT2D eigenvalue weighted by molar-refractivity contribution is 0.151. The zero-order valence-corrected chi connectivity index (χ0v) is 16.2. The zero-order valence-electron chi connectivity index (χ0n) is 16.2. The molecule has 0 saturated carbocycles. The number of aryl methyl sites for hydroxylation is 2. The Balaban J connectivity index is 1.50. The highest BCUT2D eigenvalue weighted by Gasteiger charge is 2.14. The maximum Gasteiger partial charge on any atom is 0.263 e. The van der Waals surface area contributed by atoms with E-state index in [0.717, 1.165) is 11.3 Å². The van der Waals surface area contributed by atoms with Gasteiger partial charge in [0.25, 0.3) is 6.43 Å². The summed E-state index contributed by atoms with van der Waals surface area (Å²) in [4.78, 5) is 0. The molecule has 4 aromatic rings. The van der Waals surface area contributed by atoms with Crippen LogP contribution in [0.25, 0.3) is 16.9 Å². The second-order valence-corrected chi connectivity index (χ2v) is 6.56. The van der Waals surface area contributed by atoms with Crippen LogP contribution in [0.1, 0.15) is 29.1 Å². The number of aromatic nitrogens is 7. The van der Waals surface area contributed by atoms with E-state index in [0.29, 0.717) is 28.6 Å². The molecule has 0 amide bonds. The van der Waals surface area contributed by atoms with Gasteiger partial charge in [0, 0.05) is 17.2 Å². The average molecular weight is 409 g/mol. The third kappa shape index (κ3) is 4.12. The Hall–Kier alpha value is -3.82. The highest BCUT2D eigenvalue weighted by Crippen LogP contribution is 2.22. The molecule has 1 aromatic carbocycles. The first-order chi connectivity index (χ1) is 14.5. The van der Waals surface area contributed by atoms with E-state index in [9.17, 15) is 8.78 Å². The first-order valence-electron chi connectivity index (χ1n) is 9.07. The number of rotatable bonds is 6. The van der Waals surface area contributed by atoms with Gasteiger partial charge < -0.3 is 4.74 Å². The Labute approximate surface area is 170 Å². The van der Waals surface area contributed by atoms with E-state index in [2.05, 4.69) is 30.7 Å². The molecule has 0 aliphatic carbocycles. The minimum atomic E-state index is -2.52. The number of halogens is 2. The molecule has 0 unspecified atom stereocenters. The summed E-state index contributed by atoms with van der Waals surface area (Å²) in [7, 11) is 0. The minimum absolute atomic E-state index is 0.0525. The fourth-order valence-corrected chi connectivity index (χ4v) is 2.82. The molecule has 10 heteroatoms. The van der Waals surface area contributed by atoms with Crippen molar-refractivity contribution in [1.29, 1.82) is 0 Å². The van der Waals surface area contributed by atoms with Crippen LogP contribution in [-0.4, -0.2) is 35.4 Å². The van der Waals surface area contributed by atoms with E-state index in [-0.39, 0.29) is 12.2 Å². The van der Waals surface area contributed by atoms with Crippen LogP contribution in [0.5, 0.6) is 5.88 Å². The van der Waals surface area contributed by atoms with Gasteiger partial charge in [-0.05, 0) is 38.1 Å². The van der Waals surface area contributed by atoms with Gasteiger partial charge in [-0.15, -0.1) is 15.3 Å². The Morgan fingerprint density at radius 3 is 2.43 bits per heavy atom. The van der Waals surface area contributed by atoms with E-state index in [1.807, 2.05) is 13.0 Å². The molecule has 0 atom stereocenters. The third-order valence-corrected chi connectivity index (χ3v) is 4.42. The van der Waals surface area contributed by atoms with Gasteiger partial charge >= 0.3 is 0 Å². The highest BCUT2D eigenvalue weighted by atomic mass is 19.3. The van der Waals surface area contributed by atoms with Crippen molar-refractivity contribution in [2.24, 2.45) is 0 Å². The predicted octanol–water partition coefficient (Wildman–Crippen LogP) is 3.65. The molecule has 3 heterocycles. The minimum Gasteiger partial charge on any atom is -0.470 e. The van der Waals surface area contributed by atoms with Crippen molar-refractivity contribution in [1.82, 2.24) is 35.4 Å². The standard InChI is InChI=1S/C20H17F2N7O/c1-12-9-15(10-23-24-12)17-7-8-19(27-26-17)30-11-18-13(2)25-28-29(18)16-5-3-14(4-6-16)20(21)22/h3-10,20H,11H2,1-2H3. The number of nitrogens with zero attached hydrogens (tertiary/aromatic N) is 7. The van der Waals surface area contributed by atoms with Gasteiger partial charge in [-0.1, -0.05) is 17.3 Å². The van der Waals surface area contributed by atoms with Gasteiger partial charge in [-0.3, -0.25) is 0 Å². The van der Waals surface area contributed by atoms with Crippen molar-refractivity contribution in [3.8, 4) is 22.8 Å². The number of alkyl halides is 2. The van der Waals surface area contributed by atoms with Crippen LogP contribution in [-0.2, 0) is 6.61 Å². The molecule has 0 aliphatic heterocycles. The van der Waals surface area contributed by atoms with Crippen molar-refractivity contribution in [2.75, 3.05) is 0 Å². The molecule has 0 aliphatic rings. The van der Waals surface area contributed by atoms with Gasteiger partial charge in [0.1, 0.15) is 12.3 Å². The van der Waals surface area contributed by atoms with E-state index >= 15 is 0 Å². The fourth-order valence-electron chi connectivity index (χ4n) is 2.82. The molecule has 0 spiro atoms. The molecule has 30 heavy (non-hydrogen) atoms. The van der Waals surface area contributed by atoms with Gasteiger partial charge in [0.2, 0.25) is 5.88 Å². The summed E-state index contributed by atoms with van der Waals surface area (Å²) in [5.74, 6) is 0.331. The molecule has 0 fully saturated rings. The van der Waals surface area contributed by atoms with Crippen LogP contribution < -0.4 is 4.74 Å².